The van der Waals surface area contributed by atoms with Crippen LogP contribution in [0, 0.1) is 0 Å². The van der Waals surface area contributed by atoms with Crippen molar-refractivity contribution in [3.8, 4) is 5.75 Å². The van der Waals surface area contributed by atoms with Crippen LogP contribution >= 0.6 is 11.3 Å². The van der Waals surface area contributed by atoms with Crippen molar-refractivity contribution in [2.75, 3.05) is 24.2 Å². The van der Waals surface area contributed by atoms with Gasteiger partial charge in [-0.1, -0.05) is 29.5 Å². The largest absolute Gasteiger partial charge is 0.494 e. The number of hydrogen-bond acceptors (Lipinski definition) is 7. The summed E-state index contributed by atoms with van der Waals surface area (Å²) in [5.74, 6) is 1.65. The van der Waals surface area contributed by atoms with Gasteiger partial charge < -0.3 is 21.1 Å². The van der Waals surface area contributed by atoms with Gasteiger partial charge in [0, 0.05) is 17.3 Å². The highest BCUT2D eigenvalue weighted by Crippen LogP contribution is 2.40. The van der Waals surface area contributed by atoms with E-state index in [-0.39, 0.29) is 11.6 Å². The minimum absolute atomic E-state index is 0.0721. The second kappa shape index (κ2) is 9.93. The van der Waals surface area contributed by atoms with E-state index in [1.54, 1.807) is 0 Å². The Morgan fingerprint density at radius 1 is 1.18 bits per heavy atom. The van der Waals surface area contributed by atoms with Gasteiger partial charge in [0.1, 0.15) is 16.4 Å². The Bertz CT molecular complexity index is 1100. The molecule has 0 radical (unpaired) electrons. The molecular weight excluding hydrogens is 432 g/mol. The summed E-state index contributed by atoms with van der Waals surface area (Å²) in [6, 6.07) is 16.3. The van der Waals surface area contributed by atoms with E-state index < -0.39 is 0 Å². The molecule has 1 aliphatic heterocycles. The van der Waals surface area contributed by atoms with E-state index in [1.807, 2.05) is 42.5 Å². The molecule has 1 aliphatic carbocycles. The van der Waals surface area contributed by atoms with Crippen LogP contribution in [0.3, 0.4) is 0 Å². The molecule has 2 aliphatic rings. The summed E-state index contributed by atoms with van der Waals surface area (Å²) in [5, 5.41) is 7.38. The molecule has 1 saturated heterocycles. The van der Waals surface area contributed by atoms with Crippen LogP contribution in [0.4, 0.5) is 16.6 Å². The van der Waals surface area contributed by atoms with Crippen molar-refractivity contribution in [1.29, 1.82) is 0 Å². The Kier molecular flexibility index (Phi) is 6.60. The topological polar surface area (TPSA) is 89.3 Å². The number of anilines is 3. The number of rotatable bonds is 10. The summed E-state index contributed by atoms with van der Waals surface area (Å²) in [6.45, 7) is 1.87. The molecule has 3 aromatic rings. The van der Waals surface area contributed by atoms with Gasteiger partial charge in [-0.3, -0.25) is 4.79 Å². The number of hydrogen-bond donors (Lipinski definition) is 3. The number of carbonyl (C=O) groups is 1. The van der Waals surface area contributed by atoms with E-state index in [0.717, 1.165) is 37.4 Å². The molecule has 6 nitrogen and oxygen atoms in total. The molecule has 1 saturated carbocycles. The maximum Gasteiger partial charge on any atom is 0.206 e. The van der Waals surface area contributed by atoms with E-state index in [1.165, 1.54) is 42.6 Å². The van der Waals surface area contributed by atoms with Crippen molar-refractivity contribution in [3.63, 3.8) is 0 Å². The Morgan fingerprint density at radius 2 is 2.03 bits per heavy atom. The molecule has 172 valence electrons. The third-order valence-corrected chi connectivity index (χ3v) is 7.28. The average molecular weight is 463 g/mol. The van der Waals surface area contributed by atoms with E-state index in [2.05, 4.69) is 21.7 Å². The van der Waals surface area contributed by atoms with Gasteiger partial charge in [-0.25, -0.2) is 4.98 Å². The third kappa shape index (κ3) is 5.54. The van der Waals surface area contributed by atoms with Gasteiger partial charge in [-0.05, 0) is 86.9 Å². The van der Waals surface area contributed by atoms with Gasteiger partial charge in [-0.2, -0.15) is 0 Å². The van der Waals surface area contributed by atoms with Crippen LogP contribution in [0.2, 0.25) is 0 Å². The first-order valence-electron chi connectivity index (χ1n) is 11.8. The zero-order valence-corrected chi connectivity index (χ0v) is 19.5. The van der Waals surface area contributed by atoms with E-state index >= 15 is 0 Å². The highest BCUT2D eigenvalue weighted by molar-refractivity contribution is 7.18. The molecule has 5 rings (SSSR count). The molecule has 0 bridgehead atoms. The number of nitrogens with one attached hydrogen (secondary N) is 2. The number of thiazole rings is 1. The monoisotopic (exact) mass is 462 g/mol. The average Bonchev–Trinajstić information content (AvgIpc) is 3.44. The van der Waals surface area contributed by atoms with Crippen LogP contribution in [0.1, 0.15) is 65.2 Å². The van der Waals surface area contributed by atoms with E-state index in [9.17, 15) is 4.79 Å². The summed E-state index contributed by atoms with van der Waals surface area (Å²) in [5.41, 5.74) is 8.88. The Labute approximate surface area is 198 Å². The Balaban J connectivity index is 1.16. The van der Waals surface area contributed by atoms with Gasteiger partial charge >= 0.3 is 0 Å². The van der Waals surface area contributed by atoms with Gasteiger partial charge in [0.2, 0.25) is 5.78 Å². The van der Waals surface area contributed by atoms with Crippen molar-refractivity contribution < 1.29 is 9.53 Å². The predicted molar refractivity (Wildman–Crippen MR) is 134 cm³/mol. The lowest BCUT2D eigenvalue weighted by Crippen LogP contribution is -2.21. The van der Waals surface area contributed by atoms with Gasteiger partial charge in [-0.15, -0.1) is 0 Å². The quantitative estimate of drug-likeness (QED) is 0.273. The first-order chi connectivity index (χ1) is 16.2. The summed E-state index contributed by atoms with van der Waals surface area (Å²) >= 11 is 1.29. The lowest BCUT2D eigenvalue weighted by Gasteiger charge is -2.11. The standard InChI is InChI=1S/C26H30N4O2S/c27-25-24(23(31)19-5-1-4-18(16-19)17-8-9-17)33-26(30-25)29-21-10-12-22(13-11-21)32-15-3-7-20-6-2-14-28-20/h1,4-5,10-13,16-17,20,28H,2-3,6-9,14-15,27H2,(H,29,30). The molecule has 7 heteroatoms. The fourth-order valence-electron chi connectivity index (χ4n) is 4.31. The maximum absolute atomic E-state index is 13.0. The summed E-state index contributed by atoms with van der Waals surface area (Å²) in [6.07, 6.45) is 7.19. The van der Waals surface area contributed by atoms with Crippen LogP contribution in [0.15, 0.2) is 48.5 Å². The van der Waals surface area contributed by atoms with Crippen LogP contribution in [0.25, 0.3) is 0 Å². The van der Waals surface area contributed by atoms with Crippen LogP contribution in [-0.2, 0) is 0 Å². The normalized spacial score (nSPS) is 17.8. The van der Waals surface area contributed by atoms with Crippen LogP contribution < -0.4 is 21.1 Å². The highest BCUT2D eigenvalue weighted by Gasteiger charge is 2.25. The first-order valence-corrected chi connectivity index (χ1v) is 12.6. The number of aromatic nitrogens is 1. The lowest BCUT2D eigenvalue weighted by atomic mass is 10.0. The first kappa shape index (κ1) is 21.9. The lowest BCUT2D eigenvalue weighted by molar-refractivity contribution is 0.104. The Hall–Kier alpha value is -2.90. The SMILES string of the molecule is Nc1nc(Nc2ccc(OCCCC3CCCN3)cc2)sc1C(=O)c1cccc(C2CC2)c1. The molecular formula is C26H30N4O2S. The molecule has 2 fully saturated rings. The van der Waals surface area contributed by atoms with Crippen molar-refractivity contribution >= 4 is 33.8 Å². The number of nitrogen functional groups attached to an aromatic ring is 1. The number of nitrogens with two attached hydrogens (primary N) is 1. The molecule has 33 heavy (non-hydrogen) atoms. The zero-order valence-electron chi connectivity index (χ0n) is 18.7. The van der Waals surface area contributed by atoms with Gasteiger partial charge in [0.05, 0.1) is 6.61 Å². The third-order valence-electron chi connectivity index (χ3n) is 6.29. The van der Waals surface area contributed by atoms with Gasteiger partial charge in [0.15, 0.2) is 5.13 Å². The fourth-order valence-corrected chi connectivity index (χ4v) is 5.18. The minimum Gasteiger partial charge on any atom is -0.494 e. The predicted octanol–water partition coefficient (Wildman–Crippen LogP) is 5.49. The number of carbonyl (C=O) groups excluding carboxylic acids is 1. The van der Waals surface area contributed by atoms with E-state index in [0.29, 0.717) is 27.5 Å². The molecule has 0 amide bonds. The zero-order chi connectivity index (χ0) is 22.6. The summed E-state index contributed by atoms with van der Waals surface area (Å²) in [7, 11) is 0. The Morgan fingerprint density at radius 3 is 2.79 bits per heavy atom. The fraction of sp³-hybridized carbons (Fsp3) is 0.385. The number of ether oxygens (including phenoxy) is 1. The number of nitrogens with zero attached hydrogens (tertiary/aromatic N) is 1. The second-order valence-corrected chi connectivity index (χ2v) is 9.89. The second-order valence-electron chi connectivity index (χ2n) is 8.90. The highest BCUT2D eigenvalue weighted by atomic mass is 32.1. The number of ketones is 1. The maximum atomic E-state index is 13.0. The van der Waals surface area contributed by atoms with E-state index in [4.69, 9.17) is 10.5 Å². The molecule has 4 N–H and O–H groups in total. The molecule has 0 spiro atoms. The van der Waals surface area contributed by atoms with Gasteiger partial charge in [0.25, 0.3) is 0 Å². The van der Waals surface area contributed by atoms with Crippen LogP contribution in [-0.4, -0.2) is 30.0 Å². The smallest absolute Gasteiger partial charge is 0.206 e. The minimum atomic E-state index is -0.0721. The van der Waals surface area contributed by atoms with Crippen molar-refractivity contribution in [3.05, 3.63) is 64.5 Å². The summed E-state index contributed by atoms with van der Waals surface area (Å²) in [4.78, 5) is 17.9. The van der Waals surface area contributed by atoms with Crippen molar-refractivity contribution in [2.24, 2.45) is 0 Å². The molecule has 1 unspecified atom stereocenters. The molecule has 2 aromatic carbocycles. The van der Waals surface area contributed by atoms with Crippen molar-refractivity contribution in [2.45, 2.75) is 50.5 Å². The number of benzene rings is 2. The van der Waals surface area contributed by atoms with Crippen molar-refractivity contribution in [1.82, 2.24) is 10.3 Å². The molecule has 1 aromatic heterocycles. The molecule has 1 atom stereocenters. The summed E-state index contributed by atoms with van der Waals surface area (Å²) < 4.78 is 5.87. The van der Waals surface area contributed by atoms with Crippen LogP contribution in [0.5, 0.6) is 5.75 Å². The molecule has 2 heterocycles.